The Bertz CT molecular complexity index is 1390. The van der Waals surface area contributed by atoms with Crippen molar-refractivity contribution < 1.29 is 13.2 Å². The van der Waals surface area contributed by atoms with Crippen LogP contribution in [0.1, 0.15) is 25.1 Å². The normalized spacial score (nSPS) is 17.4. The molecule has 1 aromatic heterocycles. The average molecular weight is 479 g/mol. The molecule has 1 unspecified atom stereocenters. The van der Waals surface area contributed by atoms with Crippen LogP contribution in [0.5, 0.6) is 0 Å². The molecule has 34 heavy (non-hydrogen) atoms. The van der Waals surface area contributed by atoms with Crippen LogP contribution in [0.3, 0.4) is 0 Å². The van der Waals surface area contributed by atoms with Gasteiger partial charge in [0.2, 0.25) is 11.7 Å². The van der Waals surface area contributed by atoms with Crippen molar-refractivity contribution in [3.05, 3.63) is 84.7 Å². The molecule has 176 valence electrons. The number of sulfone groups is 1. The second-order valence-electron chi connectivity index (χ2n) is 8.11. The monoisotopic (exact) mass is 478 g/mol. The lowest BCUT2D eigenvalue weighted by molar-refractivity contribution is -0.111. The summed E-state index contributed by atoms with van der Waals surface area (Å²) in [6.45, 7) is 6.74. The Morgan fingerprint density at radius 2 is 1.94 bits per heavy atom. The Kier molecular flexibility index (Phi) is 6.03. The number of nitrogens with one attached hydrogen (secondary N) is 4. The molecule has 0 aliphatic carbocycles. The number of aliphatic imine (C=N–C) groups is 1. The van der Waals surface area contributed by atoms with Crippen molar-refractivity contribution in [3.63, 3.8) is 0 Å². The van der Waals surface area contributed by atoms with Gasteiger partial charge in [0, 0.05) is 17.4 Å². The number of benzene rings is 2. The van der Waals surface area contributed by atoms with Gasteiger partial charge in [0.05, 0.1) is 21.5 Å². The molecule has 1 aliphatic rings. The lowest BCUT2D eigenvalue weighted by Gasteiger charge is -2.33. The van der Waals surface area contributed by atoms with Gasteiger partial charge in [0.1, 0.15) is 5.69 Å². The third-order valence-corrected chi connectivity index (χ3v) is 7.63. The number of anilines is 3. The Balaban J connectivity index is 1.77. The summed E-state index contributed by atoms with van der Waals surface area (Å²) in [6.07, 6.45) is 2.91. The number of nitrogens with zero attached hydrogens (tertiary/aromatic N) is 1. The summed E-state index contributed by atoms with van der Waals surface area (Å²) >= 11 is 0. The second-order valence-corrected chi connectivity index (χ2v) is 10.6. The van der Waals surface area contributed by atoms with E-state index in [1.165, 1.54) is 6.08 Å². The van der Waals surface area contributed by atoms with E-state index in [4.69, 9.17) is 10.7 Å². The van der Waals surface area contributed by atoms with Crippen LogP contribution in [0.2, 0.25) is 0 Å². The fourth-order valence-corrected chi connectivity index (χ4v) is 4.79. The number of carbonyl (C=O) groups is 1. The van der Waals surface area contributed by atoms with Gasteiger partial charge in [-0.3, -0.25) is 10.5 Å². The van der Waals surface area contributed by atoms with Crippen molar-refractivity contribution in [2.75, 3.05) is 16.0 Å². The number of aromatic nitrogens is 1. The summed E-state index contributed by atoms with van der Waals surface area (Å²) in [6, 6.07) is 15.5. The van der Waals surface area contributed by atoms with Gasteiger partial charge in [-0.15, -0.1) is 0 Å². The summed E-state index contributed by atoms with van der Waals surface area (Å²) in [7, 11) is -3.55. The highest BCUT2D eigenvalue weighted by Gasteiger charge is 2.34. The standard InChI is InChI=1S/C24H26N6O3S/c1-4-21(31)27-17-9-7-8-16(14-17)24(25)29-19-12-13-26-22(19)23(30-24)28-18-10-5-6-11-20(18)34(32,33)15(2)3/h4-15,26,29H,1,25H2,2-3H3,(H,27,31)(H,28,30). The highest BCUT2D eigenvalue weighted by Crippen LogP contribution is 2.33. The van der Waals surface area contributed by atoms with E-state index in [1.54, 1.807) is 68.6 Å². The molecule has 4 rings (SSSR count). The molecule has 0 bridgehead atoms. The van der Waals surface area contributed by atoms with Crippen LogP contribution >= 0.6 is 0 Å². The van der Waals surface area contributed by atoms with Crippen LogP contribution in [-0.4, -0.2) is 30.4 Å². The van der Waals surface area contributed by atoms with Gasteiger partial charge in [-0.25, -0.2) is 13.4 Å². The maximum Gasteiger partial charge on any atom is 0.247 e. The molecule has 0 radical (unpaired) electrons. The van der Waals surface area contributed by atoms with E-state index in [0.29, 0.717) is 34.2 Å². The minimum absolute atomic E-state index is 0.177. The van der Waals surface area contributed by atoms with Gasteiger partial charge < -0.3 is 20.9 Å². The summed E-state index contributed by atoms with van der Waals surface area (Å²) in [5.41, 5.74) is 9.53. The van der Waals surface area contributed by atoms with Crippen molar-refractivity contribution in [1.29, 1.82) is 0 Å². The molecular weight excluding hydrogens is 452 g/mol. The number of rotatable bonds is 6. The van der Waals surface area contributed by atoms with Gasteiger partial charge in [-0.2, -0.15) is 0 Å². The lowest BCUT2D eigenvalue weighted by Crippen LogP contribution is -2.47. The number of hydrogen-bond acceptors (Lipinski definition) is 7. The molecule has 0 saturated heterocycles. The van der Waals surface area contributed by atoms with Crippen molar-refractivity contribution in [1.82, 2.24) is 4.98 Å². The zero-order valence-electron chi connectivity index (χ0n) is 18.8. The van der Waals surface area contributed by atoms with Crippen molar-refractivity contribution >= 4 is 38.6 Å². The number of hydrogen-bond donors (Lipinski definition) is 5. The zero-order chi connectivity index (χ0) is 24.5. The second kappa shape index (κ2) is 8.81. The topological polar surface area (TPSA) is 141 Å². The summed E-state index contributed by atoms with van der Waals surface area (Å²) < 4.78 is 25.8. The van der Waals surface area contributed by atoms with Crippen molar-refractivity contribution in [2.45, 2.75) is 29.8 Å². The number of carbonyl (C=O) groups excluding carboxylic acids is 1. The van der Waals surface area contributed by atoms with Crippen LogP contribution < -0.4 is 21.7 Å². The third-order valence-electron chi connectivity index (χ3n) is 5.42. The summed E-state index contributed by atoms with van der Waals surface area (Å²) in [4.78, 5) is 19.7. The number of amides is 1. The van der Waals surface area contributed by atoms with Gasteiger partial charge in [-0.05, 0) is 50.3 Å². The molecule has 6 N–H and O–H groups in total. The highest BCUT2D eigenvalue weighted by molar-refractivity contribution is 7.92. The molecule has 3 aromatic rings. The largest absolute Gasteiger partial charge is 0.357 e. The van der Waals surface area contributed by atoms with Gasteiger partial charge in [-0.1, -0.05) is 30.8 Å². The van der Waals surface area contributed by atoms with E-state index in [1.807, 2.05) is 6.07 Å². The molecule has 0 spiro atoms. The molecule has 1 atom stereocenters. The first kappa shape index (κ1) is 23.3. The maximum atomic E-state index is 12.9. The predicted octanol–water partition coefficient (Wildman–Crippen LogP) is 3.37. The predicted molar refractivity (Wildman–Crippen MR) is 134 cm³/mol. The molecule has 2 heterocycles. The lowest BCUT2D eigenvalue weighted by atomic mass is 10.1. The molecule has 2 aromatic carbocycles. The average Bonchev–Trinajstić information content (AvgIpc) is 3.28. The van der Waals surface area contributed by atoms with Crippen LogP contribution in [0.15, 0.2) is 83.3 Å². The van der Waals surface area contributed by atoms with E-state index in [9.17, 15) is 13.2 Å². The van der Waals surface area contributed by atoms with Gasteiger partial charge in [0.25, 0.3) is 0 Å². The number of fused-ring (bicyclic) bond motifs is 1. The van der Waals surface area contributed by atoms with E-state index in [2.05, 4.69) is 27.5 Å². The fraction of sp³-hybridized carbons (Fsp3) is 0.167. The quantitative estimate of drug-likeness (QED) is 0.344. The zero-order valence-corrected chi connectivity index (χ0v) is 19.6. The van der Waals surface area contributed by atoms with Crippen LogP contribution in [-0.2, 0) is 20.4 Å². The van der Waals surface area contributed by atoms with E-state index in [-0.39, 0.29) is 10.8 Å². The van der Waals surface area contributed by atoms with Gasteiger partial charge in [0.15, 0.2) is 15.7 Å². The van der Waals surface area contributed by atoms with Crippen molar-refractivity contribution in [3.8, 4) is 0 Å². The number of nitrogens with two attached hydrogens (primary N) is 1. The number of para-hydroxylation sites is 1. The fourth-order valence-electron chi connectivity index (χ4n) is 3.59. The molecule has 9 nitrogen and oxygen atoms in total. The van der Waals surface area contributed by atoms with Crippen LogP contribution in [0.4, 0.5) is 17.1 Å². The number of H-pyrrole nitrogens is 1. The minimum atomic E-state index is -3.55. The van der Waals surface area contributed by atoms with E-state index in [0.717, 1.165) is 0 Å². The Labute approximate surface area is 198 Å². The SMILES string of the molecule is C=CC(=O)Nc1cccc(C2(N)N=C(Nc3ccccc3S(=O)(=O)C(C)C)c3[nH]ccc3N2)c1. The Morgan fingerprint density at radius 1 is 1.18 bits per heavy atom. The summed E-state index contributed by atoms with van der Waals surface area (Å²) in [5.74, 6) is -1.37. The Hall–Kier alpha value is -3.89. The highest BCUT2D eigenvalue weighted by atomic mass is 32.2. The first-order valence-electron chi connectivity index (χ1n) is 10.6. The summed E-state index contributed by atoms with van der Waals surface area (Å²) in [5, 5.41) is 8.50. The number of amidine groups is 1. The Morgan fingerprint density at radius 3 is 2.68 bits per heavy atom. The molecule has 10 heteroatoms. The van der Waals surface area contributed by atoms with Crippen LogP contribution in [0.25, 0.3) is 0 Å². The first-order valence-corrected chi connectivity index (χ1v) is 12.2. The molecule has 0 fully saturated rings. The molecule has 0 saturated carbocycles. The smallest absolute Gasteiger partial charge is 0.247 e. The van der Waals surface area contributed by atoms with Gasteiger partial charge >= 0.3 is 0 Å². The first-order chi connectivity index (χ1) is 16.1. The minimum Gasteiger partial charge on any atom is -0.357 e. The van der Waals surface area contributed by atoms with Crippen molar-refractivity contribution in [2.24, 2.45) is 10.7 Å². The molecule has 1 amide bonds. The third kappa shape index (κ3) is 4.33. The van der Waals surface area contributed by atoms with E-state index >= 15 is 0 Å². The van der Waals surface area contributed by atoms with E-state index < -0.39 is 20.9 Å². The van der Waals surface area contributed by atoms with Crippen LogP contribution in [0, 0.1) is 0 Å². The molecule has 1 aliphatic heterocycles. The molecular formula is C24H26N6O3S. The number of aromatic amines is 1. The maximum absolute atomic E-state index is 12.9.